The summed E-state index contributed by atoms with van der Waals surface area (Å²) in [5, 5.41) is 24.6. The largest absolute Gasteiger partial charge is 0.759 e. The number of halogens is 1. The smallest absolute Gasteiger partial charge is 0.320 e. The van der Waals surface area contributed by atoms with Gasteiger partial charge < -0.3 is 51.1 Å². The third-order valence-corrected chi connectivity index (χ3v) is 7.15. The maximum atomic E-state index is 13.0. The first-order valence-corrected chi connectivity index (χ1v) is 16.7. The number of rotatable bonds is 14. The molecule has 0 radical (unpaired) electrons. The molecule has 1 aliphatic rings. The summed E-state index contributed by atoms with van der Waals surface area (Å²) in [4.78, 5) is 42.4. The van der Waals surface area contributed by atoms with Crippen LogP contribution in [0.25, 0.3) is 0 Å². The number of carbonyl (C=O) groups is 2. The number of nitrogens with two attached hydrogens (primary N) is 2. The molecule has 49 heavy (non-hydrogen) atoms. The monoisotopic (exact) mass is 725 g/mol. The lowest BCUT2D eigenvalue weighted by atomic mass is 10.1. The number of aliphatic hydroxyl groups excluding tert-OH is 1. The summed E-state index contributed by atoms with van der Waals surface area (Å²) < 4.78 is 39.3. The summed E-state index contributed by atoms with van der Waals surface area (Å²) in [6.45, 7) is 1.93. The molecule has 20 heteroatoms. The van der Waals surface area contributed by atoms with Crippen LogP contribution in [0.1, 0.15) is 53.8 Å². The molecule has 2 atom stereocenters. The fourth-order valence-corrected chi connectivity index (χ4v) is 4.69. The second-order valence-electron chi connectivity index (χ2n) is 10.4. The number of ether oxygens (including phenoxy) is 1. The standard InChI is InChI=1S/C23H26ClN7O3.C6H14N2O2.H2O4S/c1-34-19-6-5-15(10-18(19)24)11-27-21-17(22(33)28-13-20-25-7-3-8-26-20)12-29-23(30-21)31-9-2-4-16(31)14-32;7-4-2-1-3-5(8)6(9)10;1-5(2,3)4/h3,5-8,10,12,16,32H,2,4,9,11,13-14H2,1H3,(H,28,33)(H,27,29,30);5H,1-4,7-8H2,(H,9,10);(H2,1,2,3,4)/p-2/t;5-;/m.0./s1. The average molecular weight is 726 g/mol. The van der Waals surface area contributed by atoms with Crippen LogP contribution in [0.2, 0.25) is 5.02 Å². The topological polar surface area (TPSA) is 295 Å². The van der Waals surface area contributed by atoms with Gasteiger partial charge in [-0.25, -0.2) is 15.0 Å². The molecule has 3 heterocycles. The van der Waals surface area contributed by atoms with E-state index in [0.717, 1.165) is 37.8 Å². The van der Waals surface area contributed by atoms with Gasteiger partial charge in [0.05, 0.1) is 31.3 Å². The zero-order valence-corrected chi connectivity index (χ0v) is 28.3. The summed E-state index contributed by atoms with van der Waals surface area (Å²) in [6, 6.07) is 6.42. The van der Waals surface area contributed by atoms with Crippen LogP contribution in [-0.4, -0.2) is 98.4 Å². The van der Waals surface area contributed by atoms with Crippen LogP contribution in [0, 0.1) is 0 Å². The molecule has 4 rings (SSSR count). The number of benzene rings is 1. The van der Waals surface area contributed by atoms with Gasteiger partial charge >= 0.3 is 5.97 Å². The van der Waals surface area contributed by atoms with Crippen LogP contribution in [0.4, 0.5) is 11.8 Å². The Labute approximate surface area is 288 Å². The van der Waals surface area contributed by atoms with Crippen molar-refractivity contribution in [3.8, 4) is 5.75 Å². The van der Waals surface area contributed by atoms with E-state index in [2.05, 4.69) is 30.6 Å². The summed E-state index contributed by atoms with van der Waals surface area (Å²) in [5.74, 6) is 0.647. The highest BCUT2D eigenvalue weighted by atomic mass is 35.5. The highest BCUT2D eigenvalue weighted by molar-refractivity contribution is 7.79. The summed E-state index contributed by atoms with van der Waals surface area (Å²) >= 11 is 6.25. The van der Waals surface area contributed by atoms with E-state index in [4.69, 9.17) is 50.4 Å². The molecule has 1 fully saturated rings. The van der Waals surface area contributed by atoms with E-state index in [1.807, 2.05) is 11.0 Å². The number of amides is 1. The number of aromatic nitrogens is 4. The minimum absolute atomic E-state index is 0.0236. The number of carboxylic acids is 1. The van der Waals surface area contributed by atoms with E-state index in [1.165, 1.54) is 6.20 Å². The molecule has 0 bridgehead atoms. The van der Waals surface area contributed by atoms with Crippen LogP contribution < -0.4 is 31.7 Å². The zero-order valence-electron chi connectivity index (χ0n) is 26.7. The Morgan fingerprint density at radius 1 is 1.18 bits per heavy atom. The molecule has 1 aromatic carbocycles. The van der Waals surface area contributed by atoms with Gasteiger partial charge in [0.25, 0.3) is 5.91 Å². The molecule has 0 spiro atoms. The van der Waals surface area contributed by atoms with Crippen molar-refractivity contribution in [1.82, 2.24) is 25.3 Å². The molecule has 18 nitrogen and oxygen atoms in total. The van der Waals surface area contributed by atoms with E-state index in [1.54, 1.807) is 37.7 Å². The normalized spacial score (nSPS) is 14.4. The van der Waals surface area contributed by atoms with E-state index in [9.17, 15) is 14.7 Å². The number of unbranched alkanes of at least 4 members (excludes halogenated alkanes) is 1. The Morgan fingerprint density at radius 3 is 2.47 bits per heavy atom. The highest BCUT2D eigenvalue weighted by Gasteiger charge is 2.27. The number of carbonyl (C=O) groups excluding carboxylic acids is 1. The summed E-state index contributed by atoms with van der Waals surface area (Å²) in [7, 11) is -3.61. The predicted molar refractivity (Wildman–Crippen MR) is 177 cm³/mol. The Balaban J connectivity index is 0.000000465. The summed E-state index contributed by atoms with van der Waals surface area (Å²) in [6.07, 6.45) is 8.71. The number of hydrogen-bond acceptors (Lipinski definition) is 16. The van der Waals surface area contributed by atoms with Crippen molar-refractivity contribution in [2.24, 2.45) is 11.5 Å². The Hall–Kier alpha value is -4.24. The van der Waals surface area contributed by atoms with Crippen molar-refractivity contribution < 1.29 is 42.1 Å². The van der Waals surface area contributed by atoms with Crippen molar-refractivity contribution >= 4 is 45.6 Å². The Morgan fingerprint density at radius 2 is 1.88 bits per heavy atom. The molecule has 2 aromatic heterocycles. The lowest BCUT2D eigenvalue weighted by Gasteiger charge is -2.24. The van der Waals surface area contributed by atoms with E-state index in [0.29, 0.717) is 53.4 Å². The fraction of sp³-hybridized carbons (Fsp3) is 0.448. The van der Waals surface area contributed by atoms with Gasteiger partial charge in [0, 0.05) is 42.1 Å². The maximum Gasteiger partial charge on any atom is 0.320 e. The van der Waals surface area contributed by atoms with Crippen LogP contribution in [0.15, 0.2) is 42.9 Å². The molecule has 8 N–H and O–H groups in total. The van der Waals surface area contributed by atoms with Crippen molar-refractivity contribution in [1.29, 1.82) is 0 Å². The maximum absolute atomic E-state index is 13.0. The van der Waals surface area contributed by atoms with Crippen molar-refractivity contribution in [2.45, 2.75) is 57.3 Å². The molecule has 1 amide bonds. The number of aliphatic hydroxyl groups is 1. The summed E-state index contributed by atoms with van der Waals surface area (Å²) in [5.41, 5.74) is 11.6. The van der Waals surface area contributed by atoms with E-state index < -0.39 is 22.4 Å². The Kier molecular flexibility index (Phi) is 17.5. The van der Waals surface area contributed by atoms with E-state index >= 15 is 0 Å². The number of nitrogens with zero attached hydrogens (tertiary/aromatic N) is 5. The van der Waals surface area contributed by atoms with Gasteiger partial charge in [0.15, 0.2) is 0 Å². The van der Waals surface area contributed by atoms with Crippen molar-refractivity contribution in [2.75, 3.05) is 37.0 Å². The molecule has 0 aliphatic carbocycles. The Bertz CT molecular complexity index is 1580. The SMILES string of the molecule is COc1ccc(CNc2nc(N3CCCC3CO)ncc2C(=O)NCc2ncccn2)cc1Cl.NCCCC[C@H](N)C(=O)O.O=S(=O)([O-])[O-]. The predicted octanol–water partition coefficient (Wildman–Crippen LogP) is 0.621. The van der Waals surface area contributed by atoms with E-state index in [-0.39, 0.29) is 25.1 Å². The highest BCUT2D eigenvalue weighted by Crippen LogP contribution is 2.27. The van der Waals surface area contributed by atoms with Crippen LogP contribution in [-0.2, 0) is 28.3 Å². The van der Waals surface area contributed by atoms with Gasteiger partial charge in [-0.2, -0.15) is 4.98 Å². The first-order valence-electron chi connectivity index (χ1n) is 15.0. The molecule has 3 aromatic rings. The third-order valence-electron chi connectivity index (χ3n) is 6.85. The van der Waals surface area contributed by atoms with Crippen LogP contribution in [0.3, 0.4) is 0 Å². The quantitative estimate of drug-likeness (QED) is 0.0754. The van der Waals surface area contributed by atoms with Gasteiger partial charge in [0.1, 0.15) is 29.0 Å². The molecule has 1 aliphatic heterocycles. The van der Waals surface area contributed by atoms with Crippen molar-refractivity contribution in [3.63, 3.8) is 0 Å². The first-order chi connectivity index (χ1) is 23.3. The third kappa shape index (κ3) is 15.2. The van der Waals surface area contributed by atoms with Crippen molar-refractivity contribution in [3.05, 3.63) is 64.8 Å². The zero-order chi connectivity index (χ0) is 36.4. The van der Waals surface area contributed by atoms with Gasteiger partial charge in [-0.1, -0.05) is 24.1 Å². The second kappa shape index (κ2) is 21.0. The van der Waals surface area contributed by atoms with Gasteiger partial charge in [-0.15, -0.1) is 0 Å². The second-order valence-corrected chi connectivity index (χ2v) is 11.6. The number of aliphatic carboxylic acids is 1. The van der Waals surface area contributed by atoms with Gasteiger partial charge in [-0.3, -0.25) is 18.0 Å². The lowest BCUT2D eigenvalue weighted by Crippen LogP contribution is -2.34. The number of methoxy groups -OCH3 is 1. The average Bonchev–Trinajstić information content (AvgIpc) is 3.55. The van der Waals surface area contributed by atoms with Crippen LogP contribution >= 0.6 is 11.6 Å². The number of carboxylic acid groups (broad SMARTS) is 1. The number of hydrogen-bond donors (Lipinski definition) is 6. The van der Waals surface area contributed by atoms with Crippen LogP contribution in [0.5, 0.6) is 5.75 Å². The lowest BCUT2D eigenvalue weighted by molar-refractivity contribution is -0.138. The molecule has 0 saturated carbocycles. The number of nitrogens with one attached hydrogen (secondary N) is 2. The van der Waals surface area contributed by atoms with Gasteiger partial charge in [0.2, 0.25) is 5.95 Å². The number of anilines is 2. The molecular formula is C29H40ClN9O9S-2. The van der Waals surface area contributed by atoms with Gasteiger partial charge in [-0.05, 0) is 56.0 Å². The molecule has 270 valence electrons. The molecular weight excluding hydrogens is 686 g/mol. The molecule has 1 unspecified atom stereocenters. The fourth-order valence-electron chi connectivity index (χ4n) is 4.41. The minimum atomic E-state index is -5.17. The molecule has 1 saturated heterocycles. The minimum Gasteiger partial charge on any atom is -0.759 e. The first kappa shape index (κ1) is 40.9.